The molecule has 8 heteroatoms. The van der Waals surface area contributed by atoms with Crippen LogP contribution in [0.2, 0.25) is 10.0 Å². The molecule has 3 rings (SSSR count). The minimum atomic E-state index is -4.39. The minimum Gasteiger partial charge on any atom is -0.352 e. The molecule has 130 valence electrons. The molecule has 0 aromatic heterocycles. The maximum atomic E-state index is 14.0. The van der Waals surface area contributed by atoms with Crippen molar-refractivity contribution in [3.05, 3.63) is 69.8 Å². The van der Waals surface area contributed by atoms with Gasteiger partial charge in [-0.1, -0.05) is 53.5 Å². The molecule has 0 fully saturated rings. The summed E-state index contributed by atoms with van der Waals surface area (Å²) in [6.07, 6.45) is -2.98. The second-order valence-corrected chi connectivity index (χ2v) is 6.07. The molecular weight excluding hydrogens is 379 g/mol. The van der Waals surface area contributed by atoms with E-state index in [0.29, 0.717) is 5.56 Å². The molecule has 0 bridgehead atoms. The van der Waals surface area contributed by atoms with Gasteiger partial charge in [-0.2, -0.15) is 8.78 Å². The Morgan fingerprint density at radius 1 is 1.00 bits per heavy atom. The fraction of sp³-hybridized carbons (Fsp3) is 0.118. The molecule has 2 aromatic rings. The van der Waals surface area contributed by atoms with Gasteiger partial charge in [0.2, 0.25) is 0 Å². The van der Waals surface area contributed by atoms with E-state index in [2.05, 4.69) is 10.3 Å². The summed E-state index contributed by atoms with van der Waals surface area (Å²) in [6.45, 7) is 0. The summed E-state index contributed by atoms with van der Waals surface area (Å²) in [5.74, 6) is -4.39. The van der Waals surface area contributed by atoms with E-state index in [1.165, 1.54) is 12.1 Å². The van der Waals surface area contributed by atoms with Crippen LogP contribution in [0.5, 0.6) is 0 Å². The van der Waals surface area contributed by atoms with Gasteiger partial charge in [0.15, 0.2) is 0 Å². The smallest absolute Gasteiger partial charge is 0.346 e. The van der Waals surface area contributed by atoms with E-state index >= 15 is 0 Å². The van der Waals surface area contributed by atoms with Crippen molar-refractivity contribution in [2.75, 3.05) is 5.32 Å². The first-order valence-corrected chi connectivity index (χ1v) is 7.83. The molecule has 0 atom stereocenters. The Morgan fingerprint density at radius 3 is 2.28 bits per heavy atom. The molecule has 0 saturated heterocycles. The van der Waals surface area contributed by atoms with Gasteiger partial charge in [0, 0.05) is 5.56 Å². The molecule has 2 nitrogen and oxygen atoms in total. The Hall–Kier alpha value is -2.05. The minimum absolute atomic E-state index is 0.0620. The van der Waals surface area contributed by atoms with Crippen molar-refractivity contribution in [2.24, 2.45) is 4.99 Å². The second-order valence-electron chi connectivity index (χ2n) is 5.25. The van der Waals surface area contributed by atoms with Crippen LogP contribution in [0.25, 0.3) is 0 Å². The summed E-state index contributed by atoms with van der Waals surface area (Å²) in [4.78, 5) is 4.29. The SMILES string of the molecule is FC(F)C(F)(F)C1=CC(c2ccccc2)=Nc2cc(Cl)c(Cl)cc2N1. The lowest BCUT2D eigenvalue weighted by molar-refractivity contribution is -0.0982. The van der Waals surface area contributed by atoms with E-state index in [1.807, 2.05) is 0 Å². The predicted octanol–water partition coefficient (Wildman–Crippen LogP) is 6.32. The number of alkyl halides is 4. The van der Waals surface area contributed by atoms with Crippen molar-refractivity contribution in [2.45, 2.75) is 12.3 Å². The van der Waals surface area contributed by atoms with Gasteiger partial charge in [0.1, 0.15) is 0 Å². The Morgan fingerprint density at radius 2 is 1.64 bits per heavy atom. The van der Waals surface area contributed by atoms with E-state index in [4.69, 9.17) is 23.2 Å². The van der Waals surface area contributed by atoms with E-state index in [1.54, 1.807) is 30.3 Å². The zero-order chi connectivity index (χ0) is 18.2. The summed E-state index contributed by atoms with van der Waals surface area (Å²) in [7, 11) is 0. The first-order valence-electron chi connectivity index (χ1n) is 7.07. The van der Waals surface area contributed by atoms with Gasteiger partial charge < -0.3 is 5.32 Å². The topological polar surface area (TPSA) is 24.4 Å². The highest BCUT2D eigenvalue weighted by molar-refractivity contribution is 6.42. The summed E-state index contributed by atoms with van der Waals surface area (Å²) in [5.41, 5.74) is -0.106. The van der Waals surface area contributed by atoms with Crippen molar-refractivity contribution in [1.82, 2.24) is 0 Å². The molecule has 0 saturated carbocycles. The molecule has 0 unspecified atom stereocenters. The van der Waals surface area contributed by atoms with Gasteiger partial charge in [-0.25, -0.2) is 13.8 Å². The van der Waals surface area contributed by atoms with Crippen LogP contribution in [0.15, 0.2) is 59.2 Å². The third-order valence-corrected chi connectivity index (χ3v) is 4.25. The number of rotatable bonds is 3. The molecule has 0 spiro atoms. The maximum Gasteiger partial charge on any atom is 0.346 e. The van der Waals surface area contributed by atoms with E-state index in [0.717, 1.165) is 6.08 Å². The van der Waals surface area contributed by atoms with Crippen LogP contribution in [0.3, 0.4) is 0 Å². The Balaban J connectivity index is 2.21. The van der Waals surface area contributed by atoms with Gasteiger partial charge in [-0.3, -0.25) is 0 Å². The number of halogens is 6. The number of hydrogen-bond acceptors (Lipinski definition) is 2. The molecule has 1 aliphatic heterocycles. The molecule has 1 heterocycles. The fourth-order valence-corrected chi connectivity index (χ4v) is 2.58. The normalized spacial score (nSPS) is 14.4. The Kier molecular flexibility index (Phi) is 4.75. The van der Waals surface area contributed by atoms with Gasteiger partial charge in [-0.15, -0.1) is 0 Å². The molecule has 0 amide bonds. The van der Waals surface area contributed by atoms with Gasteiger partial charge in [-0.05, 0) is 18.2 Å². The second kappa shape index (κ2) is 6.69. The summed E-state index contributed by atoms with van der Waals surface area (Å²) in [5, 5.41) is 2.58. The monoisotopic (exact) mass is 388 g/mol. The largest absolute Gasteiger partial charge is 0.352 e. The number of nitrogens with zero attached hydrogens (tertiary/aromatic N) is 1. The van der Waals surface area contributed by atoms with Gasteiger partial charge in [0.05, 0.1) is 32.8 Å². The number of nitrogens with one attached hydrogen (secondary N) is 1. The molecule has 0 aliphatic carbocycles. The third-order valence-electron chi connectivity index (χ3n) is 3.53. The highest BCUT2D eigenvalue weighted by atomic mass is 35.5. The van der Waals surface area contributed by atoms with Crippen molar-refractivity contribution >= 4 is 40.3 Å². The quantitative estimate of drug-likeness (QED) is 0.610. The van der Waals surface area contributed by atoms with Crippen LogP contribution < -0.4 is 5.32 Å². The lowest BCUT2D eigenvalue weighted by atomic mass is 10.1. The van der Waals surface area contributed by atoms with Crippen LogP contribution >= 0.6 is 23.2 Å². The van der Waals surface area contributed by atoms with Crippen molar-refractivity contribution in [3.63, 3.8) is 0 Å². The first kappa shape index (κ1) is 17.8. The lowest BCUT2D eigenvalue weighted by Gasteiger charge is -2.20. The van der Waals surface area contributed by atoms with Gasteiger partial charge in [0.25, 0.3) is 0 Å². The van der Waals surface area contributed by atoms with Gasteiger partial charge >= 0.3 is 12.3 Å². The van der Waals surface area contributed by atoms with E-state index < -0.39 is 18.0 Å². The van der Waals surface area contributed by atoms with Crippen molar-refractivity contribution in [1.29, 1.82) is 0 Å². The highest BCUT2D eigenvalue weighted by Crippen LogP contribution is 2.40. The van der Waals surface area contributed by atoms with Crippen molar-refractivity contribution in [3.8, 4) is 0 Å². The highest BCUT2D eigenvalue weighted by Gasteiger charge is 2.46. The zero-order valence-electron chi connectivity index (χ0n) is 12.4. The van der Waals surface area contributed by atoms with Crippen LogP contribution in [0, 0.1) is 0 Å². The standard InChI is InChI=1S/C17H10Cl2F4N2/c18-10-6-13-14(7-11(10)19)25-15(17(22,23)16(20)21)8-12(24-13)9-4-2-1-3-5-9/h1-8,16,25H. The predicted molar refractivity (Wildman–Crippen MR) is 91.8 cm³/mol. The Bertz CT molecular complexity index is 864. The number of anilines is 1. The molecule has 25 heavy (non-hydrogen) atoms. The molecule has 1 N–H and O–H groups in total. The van der Waals surface area contributed by atoms with E-state index in [9.17, 15) is 17.6 Å². The maximum absolute atomic E-state index is 14.0. The van der Waals surface area contributed by atoms with Crippen LogP contribution in [-0.4, -0.2) is 18.1 Å². The van der Waals surface area contributed by atoms with Crippen LogP contribution in [0.1, 0.15) is 5.56 Å². The lowest BCUT2D eigenvalue weighted by Crippen LogP contribution is -2.33. The molecule has 2 aromatic carbocycles. The zero-order valence-corrected chi connectivity index (χ0v) is 13.9. The third kappa shape index (κ3) is 3.50. The average Bonchev–Trinajstić information content (AvgIpc) is 2.76. The molecule has 0 radical (unpaired) electrons. The van der Waals surface area contributed by atoms with Crippen molar-refractivity contribution < 1.29 is 17.6 Å². The summed E-state index contributed by atoms with van der Waals surface area (Å²) >= 11 is 11.9. The fourth-order valence-electron chi connectivity index (χ4n) is 2.26. The first-order chi connectivity index (χ1) is 11.8. The molecular formula is C17H10Cl2F4N2. The summed E-state index contributed by atoms with van der Waals surface area (Å²) in [6, 6.07) is 11.0. The Labute approximate surface area is 150 Å². The number of aliphatic imine (C=N–C) groups is 1. The number of benzene rings is 2. The number of hydrogen-bond donors (Lipinski definition) is 1. The average molecular weight is 389 g/mol. The number of fused-ring (bicyclic) bond motifs is 1. The van der Waals surface area contributed by atoms with Crippen LogP contribution in [-0.2, 0) is 0 Å². The number of allylic oxidation sites excluding steroid dienone is 2. The van der Waals surface area contributed by atoms with Crippen LogP contribution in [0.4, 0.5) is 28.9 Å². The van der Waals surface area contributed by atoms with E-state index in [-0.39, 0.29) is 27.1 Å². The molecule has 1 aliphatic rings. The summed E-state index contributed by atoms with van der Waals surface area (Å²) < 4.78 is 53.7.